The molecule has 0 radical (unpaired) electrons. The lowest BCUT2D eigenvalue weighted by Gasteiger charge is -2.39. The first-order chi connectivity index (χ1) is 8.59. The molecule has 1 saturated carbocycles. The predicted molar refractivity (Wildman–Crippen MR) is 67.2 cm³/mol. The Morgan fingerprint density at radius 1 is 1.11 bits per heavy atom. The summed E-state index contributed by atoms with van der Waals surface area (Å²) in [5, 5.41) is 9.44. The number of amides is 1. The van der Waals surface area contributed by atoms with Crippen LogP contribution in [0.3, 0.4) is 0 Å². The second-order valence-corrected chi connectivity index (χ2v) is 5.37. The standard InChI is InChI=1S/C13H22N2O3/c1-10(16)14-6-8-15(9-7-14)12(13(17)18)11-4-2-3-5-11/h11-12H,2-9H2,1H3,(H,17,18). The van der Waals surface area contributed by atoms with Crippen molar-refractivity contribution in [2.75, 3.05) is 26.2 Å². The molecule has 0 aromatic rings. The number of carbonyl (C=O) groups is 2. The van der Waals surface area contributed by atoms with Crippen LogP contribution in [0, 0.1) is 5.92 Å². The molecule has 1 aliphatic carbocycles. The number of nitrogens with zero attached hydrogens (tertiary/aromatic N) is 2. The van der Waals surface area contributed by atoms with Gasteiger partial charge in [0.1, 0.15) is 6.04 Å². The van der Waals surface area contributed by atoms with Crippen molar-refractivity contribution in [3.8, 4) is 0 Å². The molecule has 18 heavy (non-hydrogen) atoms. The highest BCUT2D eigenvalue weighted by Gasteiger charge is 2.36. The Bertz CT molecular complexity index is 318. The van der Waals surface area contributed by atoms with E-state index in [2.05, 4.69) is 4.90 Å². The molecule has 0 spiro atoms. The first-order valence-corrected chi connectivity index (χ1v) is 6.82. The minimum atomic E-state index is -0.696. The maximum Gasteiger partial charge on any atom is 0.321 e. The summed E-state index contributed by atoms with van der Waals surface area (Å²) in [4.78, 5) is 26.6. The molecule has 102 valence electrons. The molecule has 1 amide bonds. The molecule has 1 saturated heterocycles. The molecule has 5 heteroatoms. The molecule has 0 aromatic heterocycles. The zero-order chi connectivity index (χ0) is 13.1. The Morgan fingerprint density at radius 3 is 2.11 bits per heavy atom. The highest BCUT2D eigenvalue weighted by molar-refractivity contribution is 5.74. The van der Waals surface area contributed by atoms with Gasteiger partial charge in [-0.05, 0) is 18.8 Å². The lowest BCUT2D eigenvalue weighted by atomic mass is 9.96. The number of rotatable bonds is 3. The van der Waals surface area contributed by atoms with Crippen molar-refractivity contribution in [1.82, 2.24) is 9.80 Å². The number of hydrogen-bond acceptors (Lipinski definition) is 3. The van der Waals surface area contributed by atoms with Gasteiger partial charge in [-0.15, -0.1) is 0 Å². The number of carbonyl (C=O) groups excluding carboxylic acids is 1. The Hall–Kier alpha value is -1.10. The first-order valence-electron chi connectivity index (χ1n) is 6.82. The van der Waals surface area contributed by atoms with Crippen LogP contribution < -0.4 is 0 Å². The van der Waals surface area contributed by atoms with Gasteiger partial charge in [-0.3, -0.25) is 14.5 Å². The van der Waals surface area contributed by atoms with Crippen molar-refractivity contribution in [3.63, 3.8) is 0 Å². The van der Waals surface area contributed by atoms with Crippen LogP contribution in [0.2, 0.25) is 0 Å². The van der Waals surface area contributed by atoms with Crippen molar-refractivity contribution < 1.29 is 14.7 Å². The number of aliphatic carboxylic acids is 1. The molecule has 2 rings (SSSR count). The Balaban J connectivity index is 1.96. The summed E-state index contributed by atoms with van der Waals surface area (Å²) in [5.41, 5.74) is 0. The largest absolute Gasteiger partial charge is 0.480 e. The van der Waals surface area contributed by atoms with Gasteiger partial charge in [-0.25, -0.2) is 0 Å². The minimum Gasteiger partial charge on any atom is -0.480 e. The molecule has 1 unspecified atom stereocenters. The molecule has 1 N–H and O–H groups in total. The van der Waals surface area contributed by atoms with Gasteiger partial charge in [0.15, 0.2) is 0 Å². The predicted octanol–water partition coefficient (Wildman–Crippen LogP) is 0.794. The summed E-state index contributed by atoms with van der Waals surface area (Å²) < 4.78 is 0. The summed E-state index contributed by atoms with van der Waals surface area (Å²) in [5.74, 6) is -0.313. The van der Waals surface area contributed by atoms with E-state index in [-0.39, 0.29) is 11.9 Å². The van der Waals surface area contributed by atoms with Crippen LogP contribution >= 0.6 is 0 Å². The van der Waals surface area contributed by atoms with Crippen LogP contribution in [0.5, 0.6) is 0 Å². The quantitative estimate of drug-likeness (QED) is 0.809. The molecule has 2 fully saturated rings. The molecule has 0 aromatic carbocycles. The Labute approximate surface area is 108 Å². The SMILES string of the molecule is CC(=O)N1CCN(C(C(=O)O)C2CCCC2)CC1. The number of carboxylic acid groups (broad SMARTS) is 1. The Morgan fingerprint density at radius 2 is 1.67 bits per heavy atom. The van der Waals surface area contributed by atoms with Gasteiger partial charge in [0, 0.05) is 33.1 Å². The van der Waals surface area contributed by atoms with Gasteiger partial charge in [-0.2, -0.15) is 0 Å². The molecule has 1 heterocycles. The third-order valence-electron chi connectivity index (χ3n) is 4.25. The smallest absolute Gasteiger partial charge is 0.321 e. The average molecular weight is 254 g/mol. The van der Waals surface area contributed by atoms with Crippen LogP contribution in [0.25, 0.3) is 0 Å². The third kappa shape index (κ3) is 2.83. The maximum absolute atomic E-state index is 11.5. The summed E-state index contributed by atoms with van der Waals surface area (Å²) >= 11 is 0. The van der Waals surface area contributed by atoms with E-state index in [0.29, 0.717) is 32.1 Å². The molecule has 2 aliphatic rings. The van der Waals surface area contributed by atoms with Crippen molar-refractivity contribution in [3.05, 3.63) is 0 Å². The van der Waals surface area contributed by atoms with Crippen LogP contribution in [-0.2, 0) is 9.59 Å². The highest BCUT2D eigenvalue weighted by Crippen LogP contribution is 2.31. The van der Waals surface area contributed by atoms with Crippen LogP contribution in [0.1, 0.15) is 32.6 Å². The fraction of sp³-hybridized carbons (Fsp3) is 0.846. The molecule has 1 aliphatic heterocycles. The zero-order valence-corrected chi connectivity index (χ0v) is 11.0. The van der Waals surface area contributed by atoms with Gasteiger partial charge in [0.2, 0.25) is 5.91 Å². The van der Waals surface area contributed by atoms with E-state index < -0.39 is 5.97 Å². The molecular formula is C13H22N2O3. The molecule has 1 atom stereocenters. The normalized spacial score (nSPS) is 24.2. The average Bonchev–Trinajstić information content (AvgIpc) is 2.83. The summed E-state index contributed by atoms with van der Waals surface area (Å²) in [7, 11) is 0. The van der Waals surface area contributed by atoms with Crippen molar-refractivity contribution in [2.24, 2.45) is 5.92 Å². The van der Waals surface area contributed by atoms with E-state index in [0.717, 1.165) is 25.7 Å². The van der Waals surface area contributed by atoms with E-state index in [1.165, 1.54) is 0 Å². The molecular weight excluding hydrogens is 232 g/mol. The highest BCUT2D eigenvalue weighted by atomic mass is 16.4. The van der Waals surface area contributed by atoms with Gasteiger partial charge in [0.25, 0.3) is 0 Å². The topological polar surface area (TPSA) is 60.9 Å². The number of carboxylic acids is 1. The lowest BCUT2D eigenvalue weighted by molar-refractivity contribution is -0.147. The van der Waals surface area contributed by atoms with Crippen molar-refractivity contribution >= 4 is 11.9 Å². The van der Waals surface area contributed by atoms with E-state index in [9.17, 15) is 14.7 Å². The first kappa shape index (κ1) is 13.3. The van der Waals surface area contributed by atoms with Gasteiger partial charge in [0.05, 0.1) is 0 Å². The monoisotopic (exact) mass is 254 g/mol. The van der Waals surface area contributed by atoms with E-state index in [1.807, 2.05) is 0 Å². The third-order valence-corrected chi connectivity index (χ3v) is 4.25. The summed E-state index contributed by atoms with van der Waals surface area (Å²) in [6.07, 6.45) is 4.37. The van der Waals surface area contributed by atoms with Gasteiger partial charge in [-0.1, -0.05) is 12.8 Å². The maximum atomic E-state index is 11.5. The Kier molecular flexibility index (Phi) is 4.22. The zero-order valence-electron chi connectivity index (χ0n) is 11.0. The summed E-state index contributed by atoms with van der Waals surface area (Å²) in [6.45, 7) is 4.26. The summed E-state index contributed by atoms with van der Waals surface area (Å²) in [6, 6.07) is -0.346. The van der Waals surface area contributed by atoms with Crippen molar-refractivity contribution in [1.29, 1.82) is 0 Å². The number of piperazine rings is 1. The second-order valence-electron chi connectivity index (χ2n) is 5.37. The fourth-order valence-corrected chi connectivity index (χ4v) is 3.24. The lowest BCUT2D eigenvalue weighted by Crippen LogP contribution is -2.55. The van der Waals surface area contributed by atoms with Crippen molar-refractivity contribution in [2.45, 2.75) is 38.6 Å². The van der Waals surface area contributed by atoms with Gasteiger partial charge < -0.3 is 10.0 Å². The molecule has 5 nitrogen and oxygen atoms in total. The van der Waals surface area contributed by atoms with E-state index >= 15 is 0 Å². The second kappa shape index (κ2) is 5.69. The van der Waals surface area contributed by atoms with Crippen LogP contribution in [0.15, 0.2) is 0 Å². The molecule has 0 bridgehead atoms. The van der Waals surface area contributed by atoms with Gasteiger partial charge >= 0.3 is 5.97 Å². The van der Waals surface area contributed by atoms with Crippen LogP contribution in [-0.4, -0.2) is 59.0 Å². The minimum absolute atomic E-state index is 0.0855. The van der Waals surface area contributed by atoms with E-state index in [4.69, 9.17) is 0 Å². The van der Waals surface area contributed by atoms with E-state index in [1.54, 1.807) is 11.8 Å². The number of hydrogen-bond donors (Lipinski definition) is 1. The fourth-order valence-electron chi connectivity index (χ4n) is 3.24. The van der Waals surface area contributed by atoms with Crippen LogP contribution in [0.4, 0.5) is 0 Å².